The normalized spacial score (nSPS) is 15.0. The largest absolute Gasteiger partial charge is 0.372 e. The van der Waals surface area contributed by atoms with Gasteiger partial charge >= 0.3 is 0 Å². The van der Waals surface area contributed by atoms with Crippen LogP contribution in [-0.2, 0) is 0 Å². The maximum absolute atomic E-state index is 11.7. The zero-order chi connectivity index (χ0) is 19.7. The van der Waals surface area contributed by atoms with E-state index < -0.39 is 11.5 Å². The van der Waals surface area contributed by atoms with Gasteiger partial charge in [0.1, 0.15) is 5.70 Å². The Kier molecular flexibility index (Phi) is 4.26. The fourth-order valence-corrected chi connectivity index (χ4v) is 3.00. The molecule has 7 nitrogen and oxygen atoms in total. The number of carbonyl (C=O) groups is 1. The molecule has 0 radical (unpaired) electrons. The third kappa shape index (κ3) is 3.17. The van der Waals surface area contributed by atoms with E-state index in [0.29, 0.717) is 23.2 Å². The van der Waals surface area contributed by atoms with Crippen molar-refractivity contribution in [2.75, 3.05) is 6.54 Å². The van der Waals surface area contributed by atoms with Crippen LogP contribution in [0.15, 0.2) is 70.5 Å². The Hall–Kier alpha value is -3.76. The van der Waals surface area contributed by atoms with Gasteiger partial charge in [0.2, 0.25) is 0 Å². The highest BCUT2D eigenvalue weighted by Gasteiger charge is 2.25. The van der Waals surface area contributed by atoms with Crippen LogP contribution in [0.4, 0.5) is 0 Å². The number of carbonyl (C=O) groups excluding carboxylic acids is 1. The summed E-state index contributed by atoms with van der Waals surface area (Å²) in [7, 11) is 0. The van der Waals surface area contributed by atoms with Gasteiger partial charge in [0.15, 0.2) is 11.3 Å². The molecule has 1 aliphatic heterocycles. The molecule has 2 heterocycles. The van der Waals surface area contributed by atoms with Gasteiger partial charge in [-0.25, -0.2) is 4.68 Å². The monoisotopic (exact) mass is 371 g/mol. The van der Waals surface area contributed by atoms with Crippen molar-refractivity contribution in [3.05, 3.63) is 71.6 Å². The number of amides is 1. The number of nitrogens with two attached hydrogens (primary N) is 1. The molecule has 4 rings (SSSR count). The second kappa shape index (κ2) is 6.76. The SMILES string of the molecule is C[C@](O)(C#Cc1cccc(-n2nc(C(N)=O)c3ccccc32)c1)C1=CCN=N1. The average molecular weight is 371 g/mol. The predicted octanol–water partition coefficient (Wildman–Crippen LogP) is 2.58. The Morgan fingerprint density at radius 1 is 1.25 bits per heavy atom. The minimum atomic E-state index is -1.38. The fourth-order valence-electron chi connectivity index (χ4n) is 3.00. The first-order valence-corrected chi connectivity index (χ1v) is 8.67. The second-order valence-corrected chi connectivity index (χ2v) is 6.53. The van der Waals surface area contributed by atoms with Crippen LogP contribution in [-0.4, -0.2) is 32.9 Å². The number of benzene rings is 2. The summed E-state index contributed by atoms with van der Waals surface area (Å²) in [6.45, 7) is 2.04. The molecule has 0 bridgehead atoms. The third-order valence-electron chi connectivity index (χ3n) is 4.41. The van der Waals surface area contributed by atoms with Crippen LogP contribution >= 0.6 is 0 Å². The molecule has 0 fully saturated rings. The van der Waals surface area contributed by atoms with Crippen LogP contribution in [0.3, 0.4) is 0 Å². The Labute approximate surface area is 161 Å². The molecular formula is C21H17N5O2. The lowest BCUT2D eigenvalue weighted by Gasteiger charge is -2.13. The molecule has 7 heteroatoms. The number of aliphatic hydroxyl groups is 1. The number of azo groups is 1. The molecule has 1 atom stereocenters. The molecule has 0 saturated heterocycles. The topological polar surface area (TPSA) is 106 Å². The molecule has 3 N–H and O–H groups in total. The van der Waals surface area contributed by atoms with Gasteiger partial charge < -0.3 is 10.8 Å². The number of primary amides is 1. The van der Waals surface area contributed by atoms with Gasteiger partial charge in [0.05, 0.1) is 17.7 Å². The fraction of sp³-hybridized carbons (Fsp3) is 0.143. The summed E-state index contributed by atoms with van der Waals surface area (Å²) in [6, 6.07) is 14.7. The summed E-state index contributed by atoms with van der Waals surface area (Å²) < 4.78 is 1.66. The van der Waals surface area contributed by atoms with Crippen LogP contribution in [0.1, 0.15) is 23.0 Å². The van der Waals surface area contributed by atoms with Crippen LogP contribution in [0, 0.1) is 11.8 Å². The number of nitrogens with zero attached hydrogens (tertiary/aromatic N) is 4. The summed E-state index contributed by atoms with van der Waals surface area (Å²) in [4.78, 5) is 11.7. The highest BCUT2D eigenvalue weighted by Crippen LogP contribution is 2.23. The lowest BCUT2D eigenvalue weighted by atomic mass is 10.0. The van der Waals surface area contributed by atoms with Crippen molar-refractivity contribution in [3.63, 3.8) is 0 Å². The van der Waals surface area contributed by atoms with E-state index in [0.717, 1.165) is 11.2 Å². The molecule has 138 valence electrons. The standard InChI is InChI=1S/C21H17N5O2/c1-21(28,18-10-12-23-24-18)11-9-14-5-4-6-15(13-14)26-17-8-3-2-7-16(17)19(25-26)20(22)27/h2-8,10,13,28H,12H2,1H3,(H2,22,27)/t21-/m0/s1. The zero-order valence-corrected chi connectivity index (χ0v) is 15.1. The molecular weight excluding hydrogens is 354 g/mol. The number of hydrogen-bond acceptors (Lipinski definition) is 5. The van der Waals surface area contributed by atoms with Crippen LogP contribution in [0.5, 0.6) is 0 Å². The summed E-state index contributed by atoms with van der Waals surface area (Å²) in [5, 5.41) is 23.3. The number of rotatable bonds is 3. The Bertz CT molecular complexity index is 1210. The molecule has 2 aromatic carbocycles. The maximum atomic E-state index is 11.7. The van der Waals surface area contributed by atoms with Gasteiger partial charge in [0, 0.05) is 10.9 Å². The van der Waals surface area contributed by atoms with Crippen molar-refractivity contribution < 1.29 is 9.90 Å². The average Bonchev–Trinajstić information content (AvgIpc) is 3.35. The number of fused-ring (bicyclic) bond motifs is 1. The van der Waals surface area contributed by atoms with Crippen molar-refractivity contribution >= 4 is 16.8 Å². The second-order valence-electron chi connectivity index (χ2n) is 6.53. The van der Waals surface area contributed by atoms with Crippen LogP contribution < -0.4 is 5.73 Å². The molecule has 0 unspecified atom stereocenters. The highest BCUT2D eigenvalue weighted by atomic mass is 16.3. The smallest absolute Gasteiger partial charge is 0.269 e. The Morgan fingerprint density at radius 3 is 2.82 bits per heavy atom. The Balaban J connectivity index is 1.75. The third-order valence-corrected chi connectivity index (χ3v) is 4.41. The quantitative estimate of drug-likeness (QED) is 0.691. The van der Waals surface area contributed by atoms with Gasteiger partial charge in [-0.15, -0.1) is 0 Å². The molecule has 1 aromatic heterocycles. The first kappa shape index (κ1) is 17.6. The Morgan fingerprint density at radius 2 is 2.07 bits per heavy atom. The summed E-state index contributed by atoms with van der Waals surface area (Å²) in [6.07, 6.45) is 1.74. The maximum Gasteiger partial charge on any atom is 0.269 e. The van der Waals surface area contributed by atoms with Crippen molar-refractivity contribution in [2.45, 2.75) is 12.5 Å². The van der Waals surface area contributed by atoms with E-state index in [-0.39, 0.29) is 5.69 Å². The molecule has 1 amide bonds. The predicted molar refractivity (Wildman–Crippen MR) is 105 cm³/mol. The van der Waals surface area contributed by atoms with E-state index in [1.165, 1.54) is 0 Å². The van der Waals surface area contributed by atoms with E-state index in [4.69, 9.17) is 5.73 Å². The molecule has 28 heavy (non-hydrogen) atoms. The lowest BCUT2D eigenvalue weighted by Crippen LogP contribution is -2.23. The zero-order valence-electron chi connectivity index (χ0n) is 15.1. The summed E-state index contributed by atoms with van der Waals surface area (Å²) in [5.74, 6) is 5.23. The molecule has 0 spiro atoms. The number of hydrogen-bond donors (Lipinski definition) is 2. The van der Waals surface area contributed by atoms with E-state index in [9.17, 15) is 9.90 Å². The van der Waals surface area contributed by atoms with Gasteiger partial charge in [-0.1, -0.05) is 36.1 Å². The van der Waals surface area contributed by atoms with Crippen molar-refractivity contribution in [3.8, 4) is 17.5 Å². The lowest BCUT2D eigenvalue weighted by molar-refractivity contribution is 0.0996. The molecule has 1 aliphatic rings. The summed E-state index contributed by atoms with van der Waals surface area (Å²) in [5.41, 5.74) is 6.94. The van der Waals surface area contributed by atoms with Crippen molar-refractivity contribution in [2.24, 2.45) is 16.0 Å². The van der Waals surface area contributed by atoms with Gasteiger partial charge in [-0.05, 0) is 37.3 Å². The molecule has 3 aromatic rings. The highest BCUT2D eigenvalue weighted by molar-refractivity contribution is 6.04. The van der Waals surface area contributed by atoms with E-state index >= 15 is 0 Å². The molecule has 0 saturated carbocycles. The van der Waals surface area contributed by atoms with E-state index in [1.54, 1.807) is 17.7 Å². The van der Waals surface area contributed by atoms with Crippen LogP contribution in [0.2, 0.25) is 0 Å². The van der Waals surface area contributed by atoms with Gasteiger partial charge in [-0.2, -0.15) is 15.3 Å². The summed E-state index contributed by atoms with van der Waals surface area (Å²) >= 11 is 0. The van der Waals surface area contributed by atoms with Crippen LogP contribution in [0.25, 0.3) is 16.6 Å². The number of aromatic nitrogens is 2. The first-order valence-electron chi connectivity index (χ1n) is 8.67. The van der Waals surface area contributed by atoms with Gasteiger partial charge in [0.25, 0.3) is 5.91 Å². The van der Waals surface area contributed by atoms with Gasteiger partial charge in [-0.3, -0.25) is 4.79 Å². The minimum Gasteiger partial charge on any atom is -0.372 e. The van der Waals surface area contributed by atoms with E-state index in [2.05, 4.69) is 27.2 Å². The van der Waals surface area contributed by atoms with Crippen molar-refractivity contribution in [1.82, 2.24) is 9.78 Å². The van der Waals surface area contributed by atoms with Crippen molar-refractivity contribution in [1.29, 1.82) is 0 Å². The number of para-hydroxylation sites is 1. The molecule has 0 aliphatic carbocycles. The first-order chi connectivity index (χ1) is 13.5. The van der Waals surface area contributed by atoms with E-state index in [1.807, 2.05) is 48.5 Å². The minimum absolute atomic E-state index is 0.216.